The number of thioether (sulfide) groups is 1. The normalized spacial score (nSPS) is 11.7. The number of hydrogen-bond acceptors (Lipinski definition) is 2. The number of hydrogen-bond donors (Lipinski definition) is 0. The van der Waals surface area contributed by atoms with Crippen LogP contribution in [0.2, 0.25) is 0 Å². The smallest absolute Gasteiger partial charge is 0.0973 e. The minimum Gasteiger partial charge on any atom is -0.281 e. The second-order valence-electron chi connectivity index (χ2n) is 2.67. The lowest BCUT2D eigenvalue weighted by atomic mass is 10.2. The lowest BCUT2D eigenvalue weighted by molar-refractivity contribution is 1.11. The van der Waals surface area contributed by atoms with Gasteiger partial charge in [-0.25, -0.2) is 0 Å². The van der Waals surface area contributed by atoms with Crippen LogP contribution in [0.1, 0.15) is 18.9 Å². The predicted molar refractivity (Wildman–Crippen MR) is 60.5 cm³/mol. The summed E-state index contributed by atoms with van der Waals surface area (Å²) in [6, 6.07) is 11.0. The summed E-state index contributed by atoms with van der Waals surface area (Å²) in [4.78, 5) is 4.26. The van der Waals surface area contributed by atoms with Gasteiger partial charge in [-0.15, -0.1) is 11.8 Å². The number of aliphatic imine (C=N–C) groups is 1. The molecule has 1 rings (SSSR count). The van der Waals surface area contributed by atoms with Gasteiger partial charge in [-0.3, -0.25) is 4.99 Å². The van der Waals surface area contributed by atoms with Crippen LogP contribution < -0.4 is 0 Å². The van der Waals surface area contributed by atoms with Gasteiger partial charge in [0.2, 0.25) is 0 Å². The van der Waals surface area contributed by atoms with E-state index < -0.39 is 0 Å². The van der Waals surface area contributed by atoms with E-state index in [1.165, 1.54) is 12.0 Å². The molecule has 0 aliphatic heterocycles. The van der Waals surface area contributed by atoms with Crippen molar-refractivity contribution in [1.82, 2.24) is 0 Å². The first kappa shape index (κ1) is 10.3. The van der Waals surface area contributed by atoms with Crippen LogP contribution in [0.15, 0.2) is 29.3 Å². The van der Waals surface area contributed by atoms with Gasteiger partial charge in [-0.1, -0.05) is 25.1 Å². The summed E-state index contributed by atoms with van der Waals surface area (Å²) in [6.45, 7) is 2.18. The fourth-order valence-corrected chi connectivity index (χ4v) is 1.82. The standard InChI is InChI=1S/C11H14NS/c1-3-9-13-11(12-2)10-7-5-4-6-8-10/h4-5,7-8H,3,9H2,1-2H3. The zero-order chi connectivity index (χ0) is 9.52. The maximum atomic E-state index is 4.26. The lowest BCUT2D eigenvalue weighted by Crippen LogP contribution is -1.95. The molecule has 1 aromatic carbocycles. The number of rotatable bonds is 3. The molecule has 0 aromatic heterocycles. The predicted octanol–water partition coefficient (Wildman–Crippen LogP) is 3.01. The monoisotopic (exact) mass is 192 g/mol. The molecule has 0 heterocycles. The minimum absolute atomic E-state index is 1.11. The summed E-state index contributed by atoms with van der Waals surface area (Å²) in [6.07, 6.45) is 1.18. The minimum atomic E-state index is 1.11. The summed E-state index contributed by atoms with van der Waals surface area (Å²) >= 11 is 1.80. The fraction of sp³-hybridized carbons (Fsp3) is 0.364. The molecule has 0 amide bonds. The highest BCUT2D eigenvalue weighted by Gasteiger charge is 2.00. The average molecular weight is 192 g/mol. The topological polar surface area (TPSA) is 12.4 Å². The molecular weight excluding hydrogens is 178 g/mol. The Morgan fingerprint density at radius 1 is 1.62 bits per heavy atom. The Labute approximate surface area is 84.3 Å². The van der Waals surface area contributed by atoms with Crippen molar-refractivity contribution >= 4 is 16.8 Å². The Morgan fingerprint density at radius 3 is 3.00 bits per heavy atom. The Morgan fingerprint density at radius 2 is 2.46 bits per heavy atom. The quantitative estimate of drug-likeness (QED) is 0.529. The Hall–Kier alpha value is -0.760. The maximum absolute atomic E-state index is 4.26. The van der Waals surface area contributed by atoms with E-state index in [9.17, 15) is 0 Å². The molecule has 0 N–H and O–H groups in total. The van der Waals surface area contributed by atoms with Crippen LogP contribution in [0.25, 0.3) is 0 Å². The van der Waals surface area contributed by atoms with Gasteiger partial charge in [0.05, 0.1) is 5.04 Å². The first-order valence-electron chi connectivity index (χ1n) is 4.44. The zero-order valence-corrected chi connectivity index (χ0v) is 8.90. The maximum Gasteiger partial charge on any atom is 0.0973 e. The van der Waals surface area contributed by atoms with Crippen molar-refractivity contribution in [2.45, 2.75) is 13.3 Å². The van der Waals surface area contributed by atoms with Crippen molar-refractivity contribution in [2.75, 3.05) is 12.8 Å². The summed E-state index contributed by atoms with van der Waals surface area (Å²) < 4.78 is 0. The van der Waals surface area contributed by atoms with E-state index in [0.717, 1.165) is 10.8 Å². The van der Waals surface area contributed by atoms with Crippen molar-refractivity contribution < 1.29 is 0 Å². The molecule has 0 spiro atoms. The molecule has 2 heteroatoms. The highest BCUT2D eigenvalue weighted by atomic mass is 32.2. The van der Waals surface area contributed by atoms with Crippen LogP contribution in [0.3, 0.4) is 0 Å². The average Bonchev–Trinajstić information content (AvgIpc) is 2.21. The molecule has 0 aliphatic rings. The molecule has 1 radical (unpaired) electrons. The summed E-state index contributed by atoms with van der Waals surface area (Å²) in [7, 11) is 1.84. The summed E-state index contributed by atoms with van der Waals surface area (Å²) in [5.74, 6) is 1.13. The molecule has 0 bridgehead atoms. The van der Waals surface area contributed by atoms with Crippen LogP contribution in [-0.4, -0.2) is 17.8 Å². The molecule has 69 valence electrons. The molecule has 0 fully saturated rings. The number of benzene rings is 1. The van der Waals surface area contributed by atoms with Gasteiger partial charge in [0, 0.05) is 12.6 Å². The Kier molecular flexibility index (Phi) is 4.61. The van der Waals surface area contributed by atoms with Crippen LogP contribution in [0.4, 0.5) is 0 Å². The Balaban J connectivity index is 2.69. The second kappa shape index (κ2) is 5.81. The van der Waals surface area contributed by atoms with Gasteiger partial charge < -0.3 is 0 Å². The molecule has 0 saturated carbocycles. The van der Waals surface area contributed by atoms with Gasteiger partial charge in [-0.05, 0) is 24.3 Å². The van der Waals surface area contributed by atoms with E-state index >= 15 is 0 Å². The van der Waals surface area contributed by atoms with Gasteiger partial charge >= 0.3 is 0 Å². The van der Waals surface area contributed by atoms with Crippen LogP contribution in [0, 0.1) is 6.07 Å². The van der Waals surface area contributed by atoms with E-state index in [1.807, 2.05) is 25.2 Å². The molecule has 1 nitrogen and oxygen atoms in total. The van der Waals surface area contributed by atoms with Crippen LogP contribution >= 0.6 is 11.8 Å². The molecule has 0 atom stereocenters. The van der Waals surface area contributed by atoms with Gasteiger partial charge in [-0.2, -0.15) is 0 Å². The van der Waals surface area contributed by atoms with Crippen molar-refractivity contribution in [3.63, 3.8) is 0 Å². The Bertz CT molecular complexity index is 267. The molecule has 13 heavy (non-hydrogen) atoms. The van der Waals surface area contributed by atoms with E-state index in [1.54, 1.807) is 11.8 Å². The largest absolute Gasteiger partial charge is 0.281 e. The first-order valence-corrected chi connectivity index (χ1v) is 5.43. The fourth-order valence-electron chi connectivity index (χ4n) is 1.00. The highest BCUT2D eigenvalue weighted by molar-refractivity contribution is 8.14. The zero-order valence-electron chi connectivity index (χ0n) is 8.08. The van der Waals surface area contributed by atoms with Crippen molar-refractivity contribution in [1.29, 1.82) is 0 Å². The third-order valence-electron chi connectivity index (χ3n) is 1.60. The van der Waals surface area contributed by atoms with E-state index in [0.29, 0.717) is 0 Å². The second-order valence-corrected chi connectivity index (χ2v) is 3.75. The first-order chi connectivity index (χ1) is 6.38. The van der Waals surface area contributed by atoms with E-state index in [-0.39, 0.29) is 0 Å². The van der Waals surface area contributed by atoms with Crippen molar-refractivity contribution in [3.8, 4) is 0 Å². The van der Waals surface area contributed by atoms with E-state index in [4.69, 9.17) is 0 Å². The van der Waals surface area contributed by atoms with Crippen molar-refractivity contribution in [3.05, 3.63) is 35.9 Å². The van der Waals surface area contributed by atoms with Crippen LogP contribution in [0.5, 0.6) is 0 Å². The molecule has 1 aromatic rings. The van der Waals surface area contributed by atoms with Gasteiger partial charge in [0.25, 0.3) is 0 Å². The van der Waals surface area contributed by atoms with E-state index in [2.05, 4.69) is 24.0 Å². The lowest BCUT2D eigenvalue weighted by Gasteiger charge is -2.03. The molecule has 0 unspecified atom stereocenters. The SMILES string of the molecule is CCCSC(=NC)c1c[c]ccc1. The summed E-state index contributed by atoms with van der Waals surface area (Å²) in [5, 5.41) is 1.11. The highest BCUT2D eigenvalue weighted by Crippen LogP contribution is 2.13. The van der Waals surface area contributed by atoms with Crippen molar-refractivity contribution in [2.24, 2.45) is 4.99 Å². The van der Waals surface area contributed by atoms with Crippen LogP contribution in [-0.2, 0) is 0 Å². The van der Waals surface area contributed by atoms with Gasteiger partial charge in [0.15, 0.2) is 0 Å². The number of nitrogens with zero attached hydrogens (tertiary/aromatic N) is 1. The molecular formula is C11H14NS. The molecule has 0 saturated heterocycles. The summed E-state index contributed by atoms with van der Waals surface area (Å²) in [5.41, 5.74) is 1.17. The van der Waals surface area contributed by atoms with Gasteiger partial charge in [0.1, 0.15) is 0 Å². The molecule has 0 aliphatic carbocycles. The third kappa shape index (κ3) is 3.23. The third-order valence-corrected chi connectivity index (χ3v) is 2.90.